The molecule has 7 heteroatoms. The van der Waals surface area contributed by atoms with Gasteiger partial charge in [-0.05, 0) is 45.0 Å². The topological polar surface area (TPSA) is 84.2 Å². The Kier molecular flexibility index (Phi) is 4.67. The second kappa shape index (κ2) is 6.90. The Bertz CT molecular complexity index is 906. The van der Waals surface area contributed by atoms with E-state index in [4.69, 9.17) is 4.52 Å². The highest BCUT2D eigenvalue weighted by Gasteiger charge is 2.16. The molecule has 0 unspecified atom stereocenters. The number of hydrogen-bond acceptors (Lipinski definition) is 5. The van der Waals surface area contributed by atoms with Crippen molar-refractivity contribution in [1.82, 2.24) is 16.0 Å². The Hall–Kier alpha value is -2.93. The minimum atomic E-state index is -0.372. The zero-order valence-corrected chi connectivity index (χ0v) is 14.9. The van der Waals surface area contributed by atoms with E-state index in [1.165, 1.54) is 11.3 Å². The second-order valence-electron chi connectivity index (χ2n) is 5.64. The quantitative estimate of drug-likeness (QED) is 0.705. The van der Waals surface area contributed by atoms with Crippen LogP contribution in [0.5, 0.6) is 0 Å². The van der Waals surface area contributed by atoms with Crippen LogP contribution in [0.15, 0.2) is 40.9 Å². The summed E-state index contributed by atoms with van der Waals surface area (Å²) in [6, 6.07) is 10.6. The summed E-state index contributed by atoms with van der Waals surface area (Å²) < 4.78 is 5.15. The number of nitrogens with zero attached hydrogens (tertiary/aromatic N) is 1. The Balaban J connectivity index is 1.66. The van der Waals surface area contributed by atoms with Gasteiger partial charge in [0.2, 0.25) is 0 Å². The number of thiophene rings is 1. The minimum Gasteiger partial charge on any atom is -0.361 e. The van der Waals surface area contributed by atoms with E-state index in [1.807, 2.05) is 39.0 Å². The second-order valence-corrected chi connectivity index (χ2v) is 6.72. The Morgan fingerprint density at radius 1 is 0.960 bits per heavy atom. The molecule has 0 bridgehead atoms. The first kappa shape index (κ1) is 16.9. The van der Waals surface area contributed by atoms with Crippen molar-refractivity contribution in [3.05, 3.63) is 63.9 Å². The number of nitrogens with one attached hydrogen (secondary N) is 2. The first-order chi connectivity index (χ1) is 12.0. The van der Waals surface area contributed by atoms with Crippen LogP contribution < -0.4 is 10.9 Å². The molecule has 0 saturated heterocycles. The molecule has 2 amide bonds. The molecule has 2 heterocycles. The summed E-state index contributed by atoms with van der Waals surface area (Å²) in [6.07, 6.45) is 0. The molecule has 0 saturated carbocycles. The van der Waals surface area contributed by atoms with Gasteiger partial charge in [0.15, 0.2) is 0 Å². The van der Waals surface area contributed by atoms with Crippen LogP contribution in [0.25, 0.3) is 10.4 Å². The van der Waals surface area contributed by atoms with E-state index >= 15 is 0 Å². The van der Waals surface area contributed by atoms with Gasteiger partial charge < -0.3 is 4.52 Å². The lowest BCUT2D eigenvalue weighted by Gasteiger charge is -2.06. The average molecular weight is 355 g/mol. The van der Waals surface area contributed by atoms with Crippen LogP contribution >= 0.6 is 11.3 Å². The lowest BCUT2D eigenvalue weighted by atomic mass is 10.1. The number of benzene rings is 1. The van der Waals surface area contributed by atoms with Gasteiger partial charge in [-0.1, -0.05) is 22.9 Å². The van der Waals surface area contributed by atoms with Crippen LogP contribution in [0, 0.1) is 20.8 Å². The molecule has 0 fully saturated rings. The number of amides is 2. The molecule has 0 radical (unpaired) electrons. The molecule has 0 spiro atoms. The molecule has 25 heavy (non-hydrogen) atoms. The summed E-state index contributed by atoms with van der Waals surface area (Å²) in [7, 11) is 0. The SMILES string of the molecule is Cc1ccc(C(=O)NNC(=O)c2ccc(-c3c(C)noc3C)s2)cc1. The molecule has 1 aromatic carbocycles. The van der Waals surface area contributed by atoms with Crippen LogP contribution in [0.3, 0.4) is 0 Å². The van der Waals surface area contributed by atoms with Gasteiger partial charge in [-0.3, -0.25) is 20.4 Å². The van der Waals surface area contributed by atoms with Gasteiger partial charge in [-0.15, -0.1) is 11.3 Å². The third-order valence-corrected chi connectivity index (χ3v) is 4.81. The number of carbonyl (C=O) groups is 2. The van der Waals surface area contributed by atoms with Gasteiger partial charge in [0.1, 0.15) is 5.76 Å². The molecular weight excluding hydrogens is 338 g/mol. The molecule has 3 rings (SSSR count). The fourth-order valence-electron chi connectivity index (χ4n) is 2.38. The van der Waals surface area contributed by atoms with E-state index in [-0.39, 0.29) is 11.8 Å². The van der Waals surface area contributed by atoms with Crippen LogP contribution in [-0.4, -0.2) is 17.0 Å². The Morgan fingerprint density at radius 3 is 2.28 bits per heavy atom. The van der Waals surface area contributed by atoms with Crippen molar-refractivity contribution >= 4 is 23.2 Å². The van der Waals surface area contributed by atoms with Gasteiger partial charge in [-0.25, -0.2) is 0 Å². The Labute approximate surface area is 148 Å². The monoisotopic (exact) mass is 355 g/mol. The standard InChI is InChI=1S/C18H17N3O3S/c1-10-4-6-13(7-5-10)17(22)19-20-18(23)15-9-8-14(25-15)16-11(2)21-24-12(16)3/h4-9H,1-3H3,(H,19,22)(H,20,23). The number of aryl methyl sites for hydroxylation is 3. The van der Waals surface area contributed by atoms with E-state index in [2.05, 4.69) is 16.0 Å². The highest BCUT2D eigenvalue weighted by molar-refractivity contribution is 7.17. The highest BCUT2D eigenvalue weighted by Crippen LogP contribution is 2.32. The van der Waals surface area contributed by atoms with E-state index in [1.54, 1.807) is 18.2 Å². The van der Waals surface area contributed by atoms with Crippen LogP contribution in [0.1, 0.15) is 37.0 Å². The van der Waals surface area contributed by atoms with E-state index < -0.39 is 0 Å². The Morgan fingerprint density at radius 2 is 1.64 bits per heavy atom. The molecule has 0 aliphatic carbocycles. The number of aromatic nitrogens is 1. The zero-order valence-electron chi connectivity index (χ0n) is 14.0. The first-order valence-corrected chi connectivity index (χ1v) is 8.48. The van der Waals surface area contributed by atoms with Crippen molar-refractivity contribution in [2.75, 3.05) is 0 Å². The van der Waals surface area contributed by atoms with E-state index in [9.17, 15) is 9.59 Å². The van der Waals surface area contributed by atoms with Gasteiger partial charge in [0.05, 0.1) is 16.1 Å². The largest absolute Gasteiger partial charge is 0.361 e. The van der Waals surface area contributed by atoms with Crippen LogP contribution in [0.2, 0.25) is 0 Å². The molecule has 0 aliphatic rings. The van der Waals surface area contributed by atoms with Crippen molar-refractivity contribution in [2.24, 2.45) is 0 Å². The van der Waals surface area contributed by atoms with Crippen molar-refractivity contribution in [2.45, 2.75) is 20.8 Å². The van der Waals surface area contributed by atoms with Crippen molar-refractivity contribution in [3.63, 3.8) is 0 Å². The third kappa shape index (κ3) is 3.61. The summed E-state index contributed by atoms with van der Waals surface area (Å²) in [4.78, 5) is 25.6. The zero-order chi connectivity index (χ0) is 18.0. The molecule has 2 N–H and O–H groups in total. The van der Waals surface area contributed by atoms with Crippen molar-refractivity contribution in [1.29, 1.82) is 0 Å². The summed E-state index contributed by atoms with van der Waals surface area (Å²) in [5, 5.41) is 3.92. The molecule has 128 valence electrons. The van der Waals surface area contributed by atoms with Gasteiger partial charge in [0.25, 0.3) is 11.8 Å². The predicted octanol–water partition coefficient (Wildman–Crippen LogP) is 3.40. The predicted molar refractivity (Wildman–Crippen MR) is 95.4 cm³/mol. The summed E-state index contributed by atoms with van der Waals surface area (Å²) >= 11 is 1.31. The summed E-state index contributed by atoms with van der Waals surface area (Å²) in [5.41, 5.74) is 8.07. The maximum absolute atomic E-state index is 12.2. The minimum absolute atomic E-state index is 0.365. The fraction of sp³-hybridized carbons (Fsp3) is 0.167. The molecule has 3 aromatic rings. The van der Waals surface area contributed by atoms with Gasteiger partial charge in [-0.2, -0.15) is 0 Å². The normalized spacial score (nSPS) is 10.5. The van der Waals surface area contributed by atoms with Crippen molar-refractivity contribution < 1.29 is 14.1 Å². The third-order valence-electron chi connectivity index (χ3n) is 3.71. The number of hydrogen-bond donors (Lipinski definition) is 2. The smallest absolute Gasteiger partial charge is 0.279 e. The lowest BCUT2D eigenvalue weighted by molar-refractivity contribution is 0.0849. The number of hydrazine groups is 1. The van der Waals surface area contributed by atoms with E-state index in [0.29, 0.717) is 16.2 Å². The van der Waals surface area contributed by atoms with Crippen molar-refractivity contribution in [3.8, 4) is 10.4 Å². The molecule has 0 atom stereocenters. The number of carbonyl (C=O) groups excluding carboxylic acids is 2. The maximum Gasteiger partial charge on any atom is 0.279 e. The fourth-order valence-corrected chi connectivity index (χ4v) is 3.43. The van der Waals surface area contributed by atoms with Gasteiger partial charge >= 0.3 is 0 Å². The summed E-state index contributed by atoms with van der Waals surface area (Å²) in [5.74, 6) is -0.0293. The molecule has 6 nitrogen and oxygen atoms in total. The number of rotatable bonds is 3. The van der Waals surface area contributed by atoms with Crippen LogP contribution in [0.4, 0.5) is 0 Å². The molecule has 2 aromatic heterocycles. The highest BCUT2D eigenvalue weighted by atomic mass is 32.1. The first-order valence-electron chi connectivity index (χ1n) is 7.66. The molecular formula is C18H17N3O3S. The summed E-state index contributed by atoms with van der Waals surface area (Å²) in [6.45, 7) is 5.63. The lowest BCUT2D eigenvalue weighted by Crippen LogP contribution is -2.41. The van der Waals surface area contributed by atoms with E-state index in [0.717, 1.165) is 21.7 Å². The molecule has 0 aliphatic heterocycles. The van der Waals surface area contributed by atoms with Crippen LogP contribution in [-0.2, 0) is 0 Å². The average Bonchev–Trinajstić information content (AvgIpc) is 3.19. The van der Waals surface area contributed by atoms with Gasteiger partial charge in [0, 0.05) is 10.4 Å². The maximum atomic E-state index is 12.2.